The van der Waals surface area contributed by atoms with Crippen LogP contribution in [0.25, 0.3) is 0 Å². The van der Waals surface area contributed by atoms with E-state index in [9.17, 15) is 9.59 Å². The molecule has 3 unspecified atom stereocenters. The fourth-order valence-electron chi connectivity index (χ4n) is 2.53. The third-order valence-corrected chi connectivity index (χ3v) is 9.98. The fourth-order valence-corrected chi connectivity index (χ4v) is 3.63. The lowest BCUT2D eigenvalue weighted by Crippen LogP contribution is -2.43. The molecule has 138 valence electrons. The summed E-state index contributed by atoms with van der Waals surface area (Å²) in [5.74, 6) is -0.0453. The Bertz CT molecular complexity index is 528. The quantitative estimate of drug-likeness (QED) is 0.665. The van der Waals surface area contributed by atoms with Gasteiger partial charge >= 0.3 is 0 Å². The standard InChI is InChI=1S/C19H34O4Si/c1-12-10-22-18(14(3)16(12)20)15(4)17(21)13(2)11-23-24(8,9)19(5,6)7/h12-13,15H,10-11H2,1-9H3. The van der Waals surface area contributed by atoms with Crippen molar-refractivity contribution in [2.45, 2.75) is 66.6 Å². The van der Waals surface area contributed by atoms with Gasteiger partial charge in [-0.1, -0.05) is 34.6 Å². The summed E-state index contributed by atoms with van der Waals surface area (Å²) < 4.78 is 11.9. The molecule has 3 atom stereocenters. The molecule has 1 aliphatic heterocycles. The number of rotatable bonds is 6. The maximum Gasteiger partial charge on any atom is 0.192 e. The summed E-state index contributed by atoms with van der Waals surface area (Å²) in [6.45, 7) is 19.0. The molecule has 1 heterocycles. The van der Waals surface area contributed by atoms with Gasteiger partial charge in [-0.3, -0.25) is 9.59 Å². The molecular weight excluding hydrogens is 320 g/mol. The Labute approximate surface area is 148 Å². The highest BCUT2D eigenvalue weighted by molar-refractivity contribution is 6.74. The molecule has 0 spiro atoms. The molecule has 0 amide bonds. The van der Waals surface area contributed by atoms with Gasteiger partial charge in [-0.25, -0.2) is 0 Å². The molecule has 0 bridgehead atoms. The van der Waals surface area contributed by atoms with E-state index in [0.29, 0.717) is 24.5 Å². The van der Waals surface area contributed by atoms with E-state index in [-0.39, 0.29) is 28.4 Å². The second-order valence-corrected chi connectivity index (χ2v) is 13.5. The minimum absolute atomic E-state index is 0.0745. The Morgan fingerprint density at radius 1 is 1.33 bits per heavy atom. The van der Waals surface area contributed by atoms with Crippen LogP contribution in [0.1, 0.15) is 48.5 Å². The molecule has 1 rings (SSSR count). The van der Waals surface area contributed by atoms with E-state index in [4.69, 9.17) is 9.16 Å². The number of carbonyl (C=O) groups is 2. The number of Topliss-reactive ketones (excluding diaryl/α,β-unsaturated/α-hetero) is 2. The highest BCUT2D eigenvalue weighted by Crippen LogP contribution is 2.37. The van der Waals surface area contributed by atoms with Crippen molar-refractivity contribution in [2.24, 2.45) is 17.8 Å². The van der Waals surface area contributed by atoms with E-state index < -0.39 is 14.2 Å². The Hall–Kier alpha value is -0.943. The van der Waals surface area contributed by atoms with Crippen molar-refractivity contribution >= 4 is 19.9 Å². The summed E-state index contributed by atoms with van der Waals surface area (Å²) >= 11 is 0. The predicted octanol–water partition coefficient (Wildman–Crippen LogP) is 4.36. The first-order chi connectivity index (χ1) is 10.8. The first kappa shape index (κ1) is 21.1. The van der Waals surface area contributed by atoms with Gasteiger partial charge in [0.2, 0.25) is 0 Å². The lowest BCUT2D eigenvalue weighted by Gasteiger charge is -2.37. The van der Waals surface area contributed by atoms with E-state index in [1.807, 2.05) is 20.8 Å². The molecule has 0 N–H and O–H groups in total. The molecule has 0 saturated carbocycles. The topological polar surface area (TPSA) is 52.6 Å². The normalized spacial score (nSPS) is 22.2. The first-order valence-corrected chi connectivity index (χ1v) is 11.8. The minimum atomic E-state index is -1.87. The van der Waals surface area contributed by atoms with Crippen LogP contribution < -0.4 is 0 Å². The number of hydrogen-bond donors (Lipinski definition) is 0. The molecule has 0 aliphatic carbocycles. The van der Waals surface area contributed by atoms with Crippen molar-refractivity contribution in [3.05, 3.63) is 11.3 Å². The molecule has 0 saturated heterocycles. The maximum atomic E-state index is 12.8. The smallest absolute Gasteiger partial charge is 0.192 e. The van der Waals surface area contributed by atoms with Gasteiger partial charge in [0.1, 0.15) is 11.5 Å². The third-order valence-electron chi connectivity index (χ3n) is 5.48. The van der Waals surface area contributed by atoms with Crippen molar-refractivity contribution in [1.29, 1.82) is 0 Å². The zero-order valence-corrected chi connectivity index (χ0v) is 17.8. The lowest BCUT2D eigenvalue weighted by atomic mass is 9.88. The van der Waals surface area contributed by atoms with Gasteiger partial charge in [0.05, 0.1) is 18.4 Å². The summed E-state index contributed by atoms with van der Waals surface area (Å²) in [6.07, 6.45) is 0. The van der Waals surface area contributed by atoms with Crippen molar-refractivity contribution < 1.29 is 18.8 Å². The van der Waals surface area contributed by atoms with Crippen molar-refractivity contribution in [3.8, 4) is 0 Å². The summed E-state index contributed by atoms with van der Waals surface area (Å²) in [6, 6.07) is 0. The molecule has 0 fully saturated rings. The van der Waals surface area contributed by atoms with Crippen molar-refractivity contribution in [2.75, 3.05) is 13.2 Å². The van der Waals surface area contributed by atoms with Gasteiger partial charge in [0.15, 0.2) is 14.1 Å². The Balaban J connectivity index is 2.78. The largest absolute Gasteiger partial charge is 0.496 e. The summed E-state index contributed by atoms with van der Waals surface area (Å²) in [7, 11) is -1.87. The van der Waals surface area contributed by atoms with E-state index >= 15 is 0 Å². The van der Waals surface area contributed by atoms with Gasteiger partial charge in [-0.15, -0.1) is 0 Å². The third kappa shape index (κ3) is 4.57. The van der Waals surface area contributed by atoms with E-state index in [1.165, 1.54) is 0 Å². The van der Waals surface area contributed by atoms with Crippen LogP contribution in [-0.4, -0.2) is 33.1 Å². The zero-order chi connectivity index (χ0) is 18.9. The second kappa shape index (κ2) is 7.52. The fraction of sp³-hybridized carbons (Fsp3) is 0.789. The average molecular weight is 355 g/mol. The monoisotopic (exact) mass is 354 g/mol. The molecule has 4 nitrogen and oxygen atoms in total. The molecule has 1 aliphatic rings. The van der Waals surface area contributed by atoms with Crippen LogP contribution in [0, 0.1) is 17.8 Å². The summed E-state index contributed by atoms with van der Waals surface area (Å²) in [4.78, 5) is 24.9. The zero-order valence-electron chi connectivity index (χ0n) is 16.8. The van der Waals surface area contributed by atoms with Crippen LogP contribution in [0.3, 0.4) is 0 Å². The van der Waals surface area contributed by atoms with Crippen LogP contribution >= 0.6 is 0 Å². The Kier molecular flexibility index (Phi) is 6.61. The van der Waals surface area contributed by atoms with Crippen LogP contribution in [0.2, 0.25) is 18.1 Å². The molecule has 24 heavy (non-hydrogen) atoms. The number of ether oxygens (including phenoxy) is 1. The average Bonchev–Trinajstić information content (AvgIpc) is 2.48. The molecule has 0 aromatic carbocycles. The predicted molar refractivity (Wildman–Crippen MR) is 99.3 cm³/mol. The van der Waals surface area contributed by atoms with E-state index in [2.05, 4.69) is 33.9 Å². The van der Waals surface area contributed by atoms with Crippen LogP contribution in [0.15, 0.2) is 11.3 Å². The van der Waals surface area contributed by atoms with Crippen LogP contribution in [-0.2, 0) is 18.8 Å². The second-order valence-electron chi connectivity index (χ2n) is 8.66. The van der Waals surface area contributed by atoms with Crippen molar-refractivity contribution in [3.63, 3.8) is 0 Å². The number of carbonyl (C=O) groups excluding carboxylic acids is 2. The number of ketones is 2. The molecule has 0 aromatic heterocycles. The van der Waals surface area contributed by atoms with Gasteiger partial charge in [-0.05, 0) is 32.0 Å². The SMILES string of the molecule is CC1=C(C(C)C(=O)C(C)CO[Si](C)(C)C(C)(C)C)OCC(C)C1=O. The van der Waals surface area contributed by atoms with Gasteiger partial charge < -0.3 is 9.16 Å². The van der Waals surface area contributed by atoms with Gasteiger partial charge in [0, 0.05) is 18.1 Å². The maximum absolute atomic E-state index is 12.8. The first-order valence-electron chi connectivity index (χ1n) is 8.85. The van der Waals surface area contributed by atoms with Crippen molar-refractivity contribution in [1.82, 2.24) is 0 Å². The van der Waals surface area contributed by atoms with E-state index in [0.717, 1.165) is 0 Å². The molecule has 5 heteroatoms. The Morgan fingerprint density at radius 3 is 2.38 bits per heavy atom. The molecular formula is C19H34O4Si. The van der Waals surface area contributed by atoms with Gasteiger partial charge in [-0.2, -0.15) is 0 Å². The number of allylic oxidation sites excluding steroid dienone is 2. The highest BCUT2D eigenvalue weighted by atomic mass is 28.4. The summed E-state index contributed by atoms with van der Waals surface area (Å²) in [5.41, 5.74) is 0.590. The number of hydrogen-bond acceptors (Lipinski definition) is 4. The van der Waals surface area contributed by atoms with E-state index in [1.54, 1.807) is 6.92 Å². The molecule has 0 radical (unpaired) electrons. The lowest BCUT2D eigenvalue weighted by molar-refractivity contribution is -0.128. The van der Waals surface area contributed by atoms with Gasteiger partial charge in [0.25, 0.3) is 0 Å². The Morgan fingerprint density at radius 2 is 1.88 bits per heavy atom. The van der Waals surface area contributed by atoms with Crippen LogP contribution in [0.4, 0.5) is 0 Å². The molecule has 0 aromatic rings. The summed E-state index contributed by atoms with van der Waals surface area (Å²) in [5, 5.41) is 0.121. The van der Waals surface area contributed by atoms with Crippen LogP contribution in [0.5, 0.6) is 0 Å². The highest BCUT2D eigenvalue weighted by Gasteiger charge is 2.38. The minimum Gasteiger partial charge on any atom is -0.496 e.